The van der Waals surface area contributed by atoms with Crippen LogP contribution in [0, 0.1) is 0 Å². The number of nitrogens with zero attached hydrogens (tertiary/aromatic N) is 6. The van der Waals surface area contributed by atoms with E-state index in [1.54, 1.807) is 11.6 Å². The van der Waals surface area contributed by atoms with Crippen molar-refractivity contribution in [2.75, 3.05) is 11.1 Å². The second-order valence-electron chi connectivity index (χ2n) is 7.22. The lowest BCUT2D eigenvalue weighted by molar-refractivity contribution is -0.113. The summed E-state index contributed by atoms with van der Waals surface area (Å²) < 4.78 is 1.96. The van der Waals surface area contributed by atoms with Gasteiger partial charge in [0.2, 0.25) is 11.0 Å². The van der Waals surface area contributed by atoms with E-state index in [2.05, 4.69) is 32.3 Å². The average Bonchev–Trinajstić information content (AvgIpc) is 3.53. The van der Waals surface area contributed by atoms with Crippen molar-refractivity contribution < 1.29 is 4.79 Å². The average molecular weight is 486 g/mol. The van der Waals surface area contributed by atoms with E-state index in [9.17, 15) is 4.79 Å². The van der Waals surface area contributed by atoms with Gasteiger partial charge in [0, 0.05) is 23.1 Å². The third-order valence-corrected chi connectivity index (χ3v) is 6.57. The minimum Gasteiger partial charge on any atom is -0.300 e. The monoisotopic (exact) mass is 485 g/mol. The van der Waals surface area contributed by atoms with Gasteiger partial charge >= 0.3 is 0 Å². The number of hydrogen-bond acceptors (Lipinski definition) is 8. The Morgan fingerprint density at radius 2 is 1.91 bits per heavy atom. The van der Waals surface area contributed by atoms with E-state index in [4.69, 9.17) is 4.98 Å². The van der Waals surface area contributed by atoms with Gasteiger partial charge in [-0.2, -0.15) is 0 Å². The summed E-state index contributed by atoms with van der Waals surface area (Å²) in [4.78, 5) is 17.2. The van der Waals surface area contributed by atoms with Gasteiger partial charge in [0.1, 0.15) is 5.51 Å². The van der Waals surface area contributed by atoms with Gasteiger partial charge in [-0.3, -0.25) is 14.7 Å². The minimum atomic E-state index is -0.183. The molecule has 0 bridgehead atoms. The molecule has 34 heavy (non-hydrogen) atoms. The summed E-state index contributed by atoms with van der Waals surface area (Å²) in [6, 6.07) is 20.1. The Hall–Kier alpha value is -3.89. The molecule has 2 aromatic carbocycles. The highest BCUT2D eigenvalue weighted by Gasteiger charge is 2.19. The predicted octanol–water partition coefficient (Wildman–Crippen LogP) is 4.93. The molecule has 1 amide bonds. The van der Waals surface area contributed by atoms with Crippen molar-refractivity contribution in [1.29, 1.82) is 0 Å². The molecule has 0 spiro atoms. The molecule has 0 atom stereocenters. The van der Waals surface area contributed by atoms with Crippen LogP contribution in [0.5, 0.6) is 0 Å². The second-order valence-corrected chi connectivity index (χ2v) is 9.00. The number of rotatable bonds is 8. The van der Waals surface area contributed by atoms with Crippen molar-refractivity contribution >= 4 is 45.0 Å². The maximum atomic E-state index is 12.3. The summed E-state index contributed by atoms with van der Waals surface area (Å²) in [6.07, 6.45) is 1.79. The third-order valence-electron chi connectivity index (χ3n) is 4.99. The first kappa shape index (κ1) is 21.9. The molecular formula is C24H19N7OS2. The number of hydrogen-bond donors (Lipinski definition) is 1. The molecule has 0 aliphatic rings. The van der Waals surface area contributed by atoms with Crippen LogP contribution < -0.4 is 5.32 Å². The van der Waals surface area contributed by atoms with Crippen LogP contribution in [0.1, 0.15) is 0 Å². The van der Waals surface area contributed by atoms with Gasteiger partial charge in [-0.25, -0.2) is 4.98 Å². The number of aromatic nitrogens is 6. The normalized spacial score (nSPS) is 10.9. The van der Waals surface area contributed by atoms with Crippen LogP contribution in [0.4, 0.5) is 5.13 Å². The van der Waals surface area contributed by atoms with E-state index < -0.39 is 0 Å². The molecule has 1 N–H and O–H groups in total. The maximum absolute atomic E-state index is 12.3. The Bertz CT molecular complexity index is 1450. The second kappa shape index (κ2) is 9.94. The van der Waals surface area contributed by atoms with Crippen molar-refractivity contribution in [2.24, 2.45) is 0 Å². The van der Waals surface area contributed by atoms with E-state index >= 15 is 0 Å². The highest BCUT2D eigenvalue weighted by molar-refractivity contribution is 7.99. The topological polar surface area (TPSA) is 98.5 Å². The number of nitrogens with one attached hydrogen (secondary N) is 1. The van der Waals surface area contributed by atoms with Crippen molar-refractivity contribution in [2.45, 2.75) is 11.7 Å². The number of thioether (sulfide) groups is 1. The first-order valence-corrected chi connectivity index (χ1v) is 12.3. The first-order valence-electron chi connectivity index (χ1n) is 10.4. The largest absolute Gasteiger partial charge is 0.300 e. The summed E-state index contributed by atoms with van der Waals surface area (Å²) in [7, 11) is 0. The van der Waals surface area contributed by atoms with Crippen LogP contribution in [0.15, 0.2) is 84.0 Å². The lowest BCUT2D eigenvalue weighted by atomic mass is 10.0. The summed E-state index contributed by atoms with van der Waals surface area (Å²) >= 11 is 2.58. The molecule has 3 heterocycles. The maximum Gasteiger partial charge on any atom is 0.236 e. The van der Waals surface area contributed by atoms with Crippen LogP contribution in [-0.2, 0) is 11.3 Å². The van der Waals surface area contributed by atoms with Gasteiger partial charge in [-0.05, 0) is 12.1 Å². The Labute approximate surface area is 203 Å². The van der Waals surface area contributed by atoms with E-state index in [1.807, 2.05) is 65.2 Å². The molecule has 5 aromatic rings. The number of para-hydroxylation sites is 1. The summed E-state index contributed by atoms with van der Waals surface area (Å²) in [5.74, 6) is 0.682. The fraction of sp³-hybridized carbons (Fsp3) is 0.0833. The number of carbonyl (C=O) groups is 1. The number of pyridine rings is 1. The molecule has 5 rings (SSSR count). The molecule has 0 aliphatic carbocycles. The fourth-order valence-electron chi connectivity index (χ4n) is 3.52. The van der Waals surface area contributed by atoms with E-state index in [0.717, 1.165) is 27.7 Å². The van der Waals surface area contributed by atoms with Gasteiger partial charge in [-0.1, -0.05) is 77.7 Å². The molecule has 0 unspecified atom stereocenters. The lowest BCUT2D eigenvalue weighted by Crippen LogP contribution is -2.14. The standard InChI is InChI=1S/C24H19N7OS2/c1-2-12-31-22(28-30-24(31)33-14-21(32)27-23-29-25-15-34-23)18-13-20(16-8-4-3-5-9-16)26-19-11-7-6-10-17(18)19/h2-11,13,15H,1,12,14H2,(H,27,29,32). The van der Waals surface area contributed by atoms with Crippen LogP contribution in [0.2, 0.25) is 0 Å². The van der Waals surface area contributed by atoms with E-state index in [-0.39, 0.29) is 11.7 Å². The SMILES string of the molecule is C=CCn1c(SCC(=O)Nc2nncs2)nnc1-c1cc(-c2ccccc2)nc2ccccc12. The zero-order valence-electron chi connectivity index (χ0n) is 18.0. The Morgan fingerprint density at radius 1 is 1.09 bits per heavy atom. The fourth-order valence-corrected chi connectivity index (χ4v) is 4.73. The summed E-state index contributed by atoms with van der Waals surface area (Å²) in [5, 5.41) is 21.3. The third kappa shape index (κ3) is 4.59. The van der Waals surface area contributed by atoms with E-state index in [1.165, 1.54) is 23.1 Å². The summed E-state index contributed by atoms with van der Waals surface area (Å²) in [6.45, 7) is 4.39. The quantitative estimate of drug-likeness (QED) is 0.246. The van der Waals surface area contributed by atoms with Crippen molar-refractivity contribution in [3.63, 3.8) is 0 Å². The molecular weight excluding hydrogens is 466 g/mol. The number of anilines is 1. The highest BCUT2D eigenvalue weighted by atomic mass is 32.2. The number of benzene rings is 2. The molecule has 0 saturated carbocycles. The molecule has 0 aliphatic heterocycles. The smallest absolute Gasteiger partial charge is 0.236 e. The summed E-state index contributed by atoms with van der Waals surface area (Å²) in [5.41, 5.74) is 5.24. The Kier molecular flexibility index (Phi) is 6.41. The molecule has 3 aromatic heterocycles. The van der Waals surface area contributed by atoms with Gasteiger partial charge in [0.25, 0.3) is 0 Å². The predicted molar refractivity (Wildman–Crippen MR) is 136 cm³/mol. The molecule has 0 saturated heterocycles. The van der Waals surface area contributed by atoms with Crippen LogP contribution >= 0.6 is 23.1 Å². The highest BCUT2D eigenvalue weighted by Crippen LogP contribution is 2.33. The van der Waals surface area contributed by atoms with Crippen LogP contribution in [0.3, 0.4) is 0 Å². The molecule has 168 valence electrons. The molecule has 10 heteroatoms. The molecule has 0 radical (unpaired) electrons. The van der Waals surface area contributed by atoms with Gasteiger partial charge < -0.3 is 0 Å². The number of carbonyl (C=O) groups excluding carboxylic acids is 1. The van der Waals surface area contributed by atoms with Crippen LogP contribution in [-0.4, -0.2) is 41.6 Å². The van der Waals surface area contributed by atoms with Gasteiger partial charge in [-0.15, -0.1) is 27.0 Å². The van der Waals surface area contributed by atoms with Crippen LogP contribution in [0.25, 0.3) is 33.5 Å². The van der Waals surface area contributed by atoms with Gasteiger partial charge in [0.15, 0.2) is 11.0 Å². The molecule has 8 nitrogen and oxygen atoms in total. The Morgan fingerprint density at radius 3 is 2.71 bits per heavy atom. The number of amides is 1. The minimum absolute atomic E-state index is 0.168. The Balaban J connectivity index is 1.52. The first-order chi connectivity index (χ1) is 16.7. The van der Waals surface area contributed by atoms with Crippen molar-refractivity contribution in [1.82, 2.24) is 29.9 Å². The van der Waals surface area contributed by atoms with Crippen molar-refractivity contribution in [3.05, 3.63) is 78.8 Å². The number of allylic oxidation sites excluding steroid dienone is 1. The van der Waals surface area contributed by atoms with Gasteiger partial charge in [0.05, 0.1) is 17.0 Å². The van der Waals surface area contributed by atoms with Crippen molar-refractivity contribution in [3.8, 4) is 22.6 Å². The number of fused-ring (bicyclic) bond motifs is 1. The lowest BCUT2D eigenvalue weighted by Gasteiger charge is -2.12. The zero-order valence-corrected chi connectivity index (χ0v) is 19.6. The zero-order chi connectivity index (χ0) is 23.3. The van der Waals surface area contributed by atoms with E-state index in [0.29, 0.717) is 22.7 Å². The molecule has 0 fully saturated rings.